The fourth-order valence-corrected chi connectivity index (χ4v) is 2.75. The van der Waals surface area contributed by atoms with Gasteiger partial charge in [0.05, 0.1) is 17.7 Å². The van der Waals surface area contributed by atoms with E-state index in [2.05, 4.69) is 11.1 Å². The summed E-state index contributed by atoms with van der Waals surface area (Å²) in [5.74, 6) is -0.658. The monoisotopic (exact) mass is 300 g/mol. The summed E-state index contributed by atoms with van der Waals surface area (Å²) in [6.07, 6.45) is -0.0402. The van der Waals surface area contributed by atoms with E-state index < -0.39 is 5.92 Å². The quantitative estimate of drug-likeness (QED) is 0.789. The van der Waals surface area contributed by atoms with E-state index in [1.807, 2.05) is 32.2 Å². The largest absolute Gasteiger partial charge is 0.490 e. The summed E-state index contributed by atoms with van der Waals surface area (Å²) in [7, 11) is 0. The molecule has 1 aromatic carbocycles. The normalized spacial score (nSPS) is 12.0. The number of ether oxygens (including phenoxy) is 1. The van der Waals surface area contributed by atoms with Gasteiger partial charge in [-0.1, -0.05) is 12.1 Å². The lowest BCUT2D eigenvalue weighted by atomic mass is 9.98. The zero-order chi connectivity index (χ0) is 15.4. The van der Waals surface area contributed by atoms with Crippen LogP contribution < -0.4 is 4.74 Å². The van der Waals surface area contributed by atoms with E-state index in [0.717, 1.165) is 5.69 Å². The first-order valence-corrected chi connectivity index (χ1v) is 7.52. The molecule has 1 atom stereocenters. The van der Waals surface area contributed by atoms with Crippen molar-refractivity contribution in [2.45, 2.75) is 32.8 Å². The Kier molecular flexibility index (Phi) is 4.71. The molecule has 0 radical (unpaired) electrons. The topological polar surface area (TPSA) is 63.0 Å². The van der Waals surface area contributed by atoms with Crippen LogP contribution in [0.4, 0.5) is 0 Å². The zero-order valence-electron chi connectivity index (χ0n) is 12.2. The molecular weight excluding hydrogens is 284 g/mol. The molecule has 1 aromatic heterocycles. The molecule has 0 amide bonds. The number of hydrogen-bond acceptors (Lipinski definition) is 5. The van der Waals surface area contributed by atoms with Crippen LogP contribution >= 0.6 is 11.3 Å². The van der Waals surface area contributed by atoms with Crippen molar-refractivity contribution in [2.24, 2.45) is 0 Å². The van der Waals surface area contributed by atoms with Crippen molar-refractivity contribution in [1.82, 2.24) is 4.98 Å². The molecule has 1 heterocycles. The second-order valence-electron chi connectivity index (χ2n) is 4.92. The highest BCUT2D eigenvalue weighted by Gasteiger charge is 2.27. The molecule has 0 aliphatic rings. The summed E-state index contributed by atoms with van der Waals surface area (Å²) in [5.41, 5.74) is 1.24. The fraction of sp³-hybridized carbons (Fsp3) is 0.312. The van der Waals surface area contributed by atoms with E-state index in [4.69, 9.17) is 4.74 Å². The van der Waals surface area contributed by atoms with Crippen LogP contribution in [-0.2, 0) is 0 Å². The van der Waals surface area contributed by atoms with Gasteiger partial charge in [-0.2, -0.15) is 5.26 Å². The van der Waals surface area contributed by atoms with Crippen molar-refractivity contribution >= 4 is 17.1 Å². The fourth-order valence-electron chi connectivity index (χ4n) is 1.91. The molecule has 0 saturated heterocycles. The average Bonchev–Trinajstić information content (AvgIpc) is 2.86. The number of rotatable bonds is 5. The Bertz CT molecular complexity index is 686. The minimum Gasteiger partial charge on any atom is -0.490 e. The smallest absolute Gasteiger partial charge is 0.190 e. The SMILES string of the molecule is Cc1csc([C@@H](C#N)C(=O)c2ccccc2OC(C)C)n1. The van der Waals surface area contributed by atoms with Gasteiger partial charge in [0.1, 0.15) is 10.8 Å². The summed E-state index contributed by atoms with van der Waals surface area (Å²) in [4.78, 5) is 16.9. The molecule has 0 saturated carbocycles. The van der Waals surface area contributed by atoms with Crippen LogP contribution in [0.3, 0.4) is 0 Å². The van der Waals surface area contributed by atoms with Crippen LogP contribution in [0.25, 0.3) is 0 Å². The number of ketones is 1. The lowest BCUT2D eigenvalue weighted by molar-refractivity contribution is 0.0973. The number of hydrogen-bond donors (Lipinski definition) is 0. The number of carbonyl (C=O) groups is 1. The van der Waals surface area contributed by atoms with Crippen molar-refractivity contribution in [2.75, 3.05) is 0 Å². The number of nitrogens with zero attached hydrogens (tertiary/aromatic N) is 2. The predicted molar refractivity (Wildman–Crippen MR) is 81.7 cm³/mol. The zero-order valence-corrected chi connectivity index (χ0v) is 13.0. The van der Waals surface area contributed by atoms with Crippen LogP contribution in [0.5, 0.6) is 5.75 Å². The van der Waals surface area contributed by atoms with Crippen molar-refractivity contribution < 1.29 is 9.53 Å². The highest BCUT2D eigenvalue weighted by molar-refractivity contribution is 7.10. The van der Waals surface area contributed by atoms with E-state index in [-0.39, 0.29) is 11.9 Å². The Morgan fingerprint density at radius 2 is 2.10 bits per heavy atom. The van der Waals surface area contributed by atoms with Crippen LogP contribution in [0, 0.1) is 18.3 Å². The summed E-state index contributed by atoms with van der Waals surface area (Å²) < 4.78 is 5.65. The number of aromatic nitrogens is 1. The molecule has 108 valence electrons. The first kappa shape index (κ1) is 15.2. The summed E-state index contributed by atoms with van der Waals surface area (Å²) in [6.45, 7) is 5.63. The van der Waals surface area contributed by atoms with Crippen molar-refractivity contribution in [3.05, 3.63) is 45.9 Å². The maximum Gasteiger partial charge on any atom is 0.190 e. The maximum atomic E-state index is 12.7. The molecule has 5 heteroatoms. The third kappa shape index (κ3) is 3.47. The van der Waals surface area contributed by atoms with Crippen molar-refractivity contribution in [3.63, 3.8) is 0 Å². The Balaban J connectivity index is 2.37. The summed E-state index contributed by atoms with van der Waals surface area (Å²) in [6, 6.07) is 9.06. The maximum absolute atomic E-state index is 12.7. The van der Waals surface area contributed by atoms with Gasteiger partial charge in [0, 0.05) is 11.1 Å². The number of benzene rings is 1. The summed E-state index contributed by atoms with van der Waals surface area (Å²) >= 11 is 1.33. The van der Waals surface area contributed by atoms with E-state index in [0.29, 0.717) is 16.3 Å². The van der Waals surface area contributed by atoms with Crippen LogP contribution in [0.2, 0.25) is 0 Å². The molecule has 0 aliphatic heterocycles. The van der Waals surface area contributed by atoms with Gasteiger partial charge in [-0.15, -0.1) is 11.3 Å². The molecule has 0 aliphatic carbocycles. The van der Waals surface area contributed by atoms with Gasteiger partial charge in [0.15, 0.2) is 11.7 Å². The summed E-state index contributed by atoms with van der Waals surface area (Å²) in [5, 5.41) is 11.7. The lowest BCUT2D eigenvalue weighted by Crippen LogP contribution is -2.15. The third-order valence-corrected chi connectivity index (χ3v) is 3.82. The molecule has 2 rings (SSSR count). The first-order chi connectivity index (χ1) is 10.0. The van der Waals surface area contributed by atoms with Gasteiger partial charge in [-0.3, -0.25) is 4.79 Å². The van der Waals surface area contributed by atoms with E-state index in [1.54, 1.807) is 18.2 Å². The van der Waals surface area contributed by atoms with Crippen molar-refractivity contribution in [3.8, 4) is 11.8 Å². The average molecular weight is 300 g/mol. The first-order valence-electron chi connectivity index (χ1n) is 6.64. The van der Waals surface area contributed by atoms with Crippen LogP contribution in [0.1, 0.15) is 40.8 Å². The molecule has 21 heavy (non-hydrogen) atoms. The van der Waals surface area contributed by atoms with Crippen molar-refractivity contribution in [1.29, 1.82) is 5.26 Å². The number of carbonyl (C=O) groups excluding carboxylic acids is 1. The molecule has 0 N–H and O–H groups in total. The number of aryl methyl sites for hydroxylation is 1. The molecule has 2 aromatic rings. The molecule has 0 unspecified atom stereocenters. The highest BCUT2D eigenvalue weighted by Crippen LogP contribution is 2.28. The lowest BCUT2D eigenvalue weighted by Gasteiger charge is -2.14. The second kappa shape index (κ2) is 6.51. The molecule has 0 spiro atoms. The highest BCUT2D eigenvalue weighted by atomic mass is 32.1. The Morgan fingerprint density at radius 3 is 2.67 bits per heavy atom. The minimum atomic E-state index is -0.888. The van der Waals surface area contributed by atoms with E-state index >= 15 is 0 Å². The van der Waals surface area contributed by atoms with Gasteiger partial charge < -0.3 is 4.74 Å². The molecule has 4 nitrogen and oxygen atoms in total. The molecule has 0 fully saturated rings. The van der Waals surface area contributed by atoms with Crippen LogP contribution in [-0.4, -0.2) is 16.9 Å². The number of para-hydroxylation sites is 1. The van der Waals surface area contributed by atoms with E-state index in [1.165, 1.54) is 11.3 Å². The van der Waals surface area contributed by atoms with Crippen LogP contribution in [0.15, 0.2) is 29.6 Å². The second-order valence-corrected chi connectivity index (χ2v) is 5.81. The number of Topliss-reactive ketones (excluding diaryl/α,β-unsaturated/α-hetero) is 1. The standard InChI is InChI=1S/C16H16N2O2S/c1-10(2)20-14-7-5-4-6-12(14)15(19)13(8-17)16-18-11(3)9-21-16/h4-7,9-10,13H,1-3H3/t13-/m0/s1. The van der Waals surface area contributed by atoms with Gasteiger partial charge >= 0.3 is 0 Å². The molecule has 0 bridgehead atoms. The minimum absolute atomic E-state index is 0.0402. The number of thiazole rings is 1. The van der Waals surface area contributed by atoms with Gasteiger partial charge in [-0.25, -0.2) is 4.98 Å². The predicted octanol–water partition coefficient (Wildman–Crippen LogP) is 3.73. The van der Waals surface area contributed by atoms with Gasteiger partial charge in [-0.05, 0) is 32.9 Å². The Hall–Kier alpha value is -2.19. The molecular formula is C16H16N2O2S. The van der Waals surface area contributed by atoms with Gasteiger partial charge in [0.2, 0.25) is 0 Å². The van der Waals surface area contributed by atoms with E-state index in [9.17, 15) is 10.1 Å². The Morgan fingerprint density at radius 1 is 1.38 bits per heavy atom. The van der Waals surface area contributed by atoms with Gasteiger partial charge in [0.25, 0.3) is 0 Å². The third-order valence-electron chi connectivity index (χ3n) is 2.79. The Labute approximate surface area is 128 Å². The number of nitriles is 1.